The second-order valence-electron chi connectivity index (χ2n) is 4.57. The van der Waals surface area contributed by atoms with Crippen LogP contribution in [0.1, 0.15) is 31.4 Å². The highest BCUT2D eigenvalue weighted by atomic mass is 15.6. The summed E-state index contributed by atoms with van der Waals surface area (Å²) in [4.78, 5) is 4.85. The van der Waals surface area contributed by atoms with Crippen molar-refractivity contribution in [2.45, 2.75) is 26.3 Å². The molecule has 3 heteroatoms. The molecule has 0 saturated carbocycles. The molecule has 2 heterocycles. The van der Waals surface area contributed by atoms with Gasteiger partial charge in [-0.05, 0) is 19.4 Å². The first kappa shape index (κ1) is 10.5. The minimum atomic E-state index is 0.443. The lowest BCUT2D eigenvalue weighted by atomic mass is 10.1. The third-order valence-corrected chi connectivity index (χ3v) is 3.53. The van der Waals surface area contributed by atoms with Gasteiger partial charge in [-0.15, -0.1) is 9.69 Å². The average Bonchev–Trinajstić information content (AvgIpc) is 2.82. The summed E-state index contributed by atoms with van der Waals surface area (Å²) in [6.45, 7) is 6.40. The molecule has 2 aliphatic heterocycles. The number of benzene rings is 1. The van der Waals surface area contributed by atoms with E-state index in [1.54, 1.807) is 0 Å². The highest BCUT2D eigenvalue weighted by molar-refractivity contribution is 6.06. The number of fused-ring (bicyclic) bond motifs is 3. The number of hydrogen-bond donors (Lipinski definition) is 0. The normalized spacial score (nSPS) is 21.8. The zero-order valence-electron chi connectivity index (χ0n) is 10.4. The molecule has 0 bridgehead atoms. The van der Waals surface area contributed by atoms with Crippen LogP contribution in [0, 0.1) is 0 Å². The van der Waals surface area contributed by atoms with Crippen molar-refractivity contribution in [3.8, 4) is 0 Å². The molecule has 3 rings (SSSR count). The van der Waals surface area contributed by atoms with Gasteiger partial charge in [0.05, 0.1) is 11.6 Å². The SMILES string of the molecule is CCC1CN2C(=N1)c1ccccc1C=[N+]2CC. The van der Waals surface area contributed by atoms with E-state index >= 15 is 0 Å². The molecule has 0 N–H and O–H groups in total. The molecule has 0 aliphatic carbocycles. The lowest BCUT2D eigenvalue weighted by Gasteiger charge is -2.21. The molecular formula is C14H18N3+. The molecule has 1 aromatic rings. The number of nitrogens with zero attached hydrogens (tertiary/aromatic N) is 3. The van der Waals surface area contributed by atoms with Crippen LogP contribution in [0.4, 0.5) is 0 Å². The summed E-state index contributed by atoms with van der Waals surface area (Å²) in [6, 6.07) is 8.96. The molecule has 88 valence electrons. The largest absolute Gasteiger partial charge is 0.258 e. The molecule has 0 spiro atoms. The van der Waals surface area contributed by atoms with Crippen LogP contribution in [0.25, 0.3) is 0 Å². The molecule has 0 fully saturated rings. The fourth-order valence-electron chi connectivity index (χ4n) is 2.53. The maximum absolute atomic E-state index is 4.85. The van der Waals surface area contributed by atoms with Gasteiger partial charge in [0.2, 0.25) is 6.21 Å². The lowest BCUT2D eigenvalue weighted by Crippen LogP contribution is -2.43. The summed E-state index contributed by atoms with van der Waals surface area (Å²) in [5.41, 5.74) is 2.55. The third kappa shape index (κ3) is 1.57. The van der Waals surface area contributed by atoms with Gasteiger partial charge in [-0.3, -0.25) is 4.99 Å². The molecule has 1 aromatic carbocycles. The van der Waals surface area contributed by atoms with E-state index in [0.717, 1.165) is 25.3 Å². The molecule has 17 heavy (non-hydrogen) atoms. The van der Waals surface area contributed by atoms with Gasteiger partial charge in [-0.2, -0.15) is 0 Å². The van der Waals surface area contributed by atoms with Crippen LogP contribution in [-0.4, -0.2) is 40.9 Å². The van der Waals surface area contributed by atoms with E-state index in [1.165, 1.54) is 11.1 Å². The number of hydrazone groups is 1. The molecule has 0 saturated heterocycles. The minimum Gasteiger partial charge on any atom is -0.258 e. The molecule has 0 aromatic heterocycles. The highest BCUT2D eigenvalue weighted by Crippen LogP contribution is 2.22. The zero-order valence-corrected chi connectivity index (χ0v) is 10.4. The third-order valence-electron chi connectivity index (χ3n) is 3.53. The first-order valence-electron chi connectivity index (χ1n) is 6.39. The van der Waals surface area contributed by atoms with E-state index in [1.807, 2.05) is 0 Å². The van der Waals surface area contributed by atoms with Crippen molar-refractivity contribution >= 4 is 12.1 Å². The summed E-state index contributed by atoms with van der Waals surface area (Å²) >= 11 is 0. The predicted octanol–water partition coefficient (Wildman–Crippen LogP) is 1.91. The standard InChI is InChI=1S/C14H18N3/c1-3-12-10-17-14(15-12)13-8-6-5-7-11(13)9-16(17)4-2/h5-9,12H,3-4,10H2,1-2H3/q+1. The molecule has 2 aliphatic rings. The molecule has 0 amide bonds. The monoisotopic (exact) mass is 228 g/mol. The fourth-order valence-corrected chi connectivity index (χ4v) is 2.53. The molecular weight excluding hydrogens is 210 g/mol. The summed E-state index contributed by atoms with van der Waals surface area (Å²) in [6.07, 6.45) is 3.34. The Labute approximate surface area is 102 Å². The number of hydrogen-bond acceptors (Lipinski definition) is 2. The van der Waals surface area contributed by atoms with Gasteiger partial charge in [0.1, 0.15) is 6.54 Å². The smallest absolute Gasteiger partial charge is 0.201 e. The molecule has 1 unspecified atom stereocenters. The topological polar surface area (TPSA) is 18.6 Å². The van der Waals surface area contributed by atoms with Crippen LogP contribution in [0.3, 0.4) is 0 Å². The van der Waals surface area contributed by atoms with Crippen LogP contribution in [0.2, 0.25) is 0 Å². The Bertz CT molecular complexity index is 502. The Kier molecular flexibility index (Phi) is 2.46. The number of amidine groups is 1. The first-order chi connectivity index (χ1) is 8.33. The van der Waals surface area contributed by atoms with Crippen LogP contribution < -0.4 is 0 Å². The van der Waals surface area contributed by atoms with E-state index in [2.05, 4.69) is 54.0 Å². The van der Waals surface area contributed by atoms with Crippen LogP contribution in [0.15, 0.2) is 29.3 Å². The highest BCUT2D eigenvalue weighted by Gasteiger charge is 2.36. The fraction of sp³-hybridized carbons (Fsp3) is 0.429. The van der Waals surface area contributed by atoms with Gasteiger partial charge in [-0.25, -0.2) is 0 Å². The molecule has 3 nitrogen and oxygen atoms in total. The Hall–Kier alpha value is -1.64. The summed E-state index contributed by atoms with van der Waals surface area (Å²) in [5, 5.41) is 2.32. The molecule has 1 atom stereocenters. The average molecular weight is 228 g/mol. The van der Waals surface area contributed by atoms with Crippen molar-refractivity contribution in [3.63, 3.8) is 0 Å². The van der Waals surface area contributed by atoms with Crippen molar-refractivity contribution in [3.05, 3.63) is 35.4 Å². The summed E-state index contributed by atoms with van der Waals surface area (Å²) in [5.74, 6) is 1.15. The van der Waals surface area contributed by atoms with E-state index < -0.39 is 0 Å². The van der Waals surface area contributed by atoms with Crippen LogP contribution in [0.5, 0.6) is 0 Å². The van der Waals surface area contributed by atoms with E-state index in [-0.39, 0.29) is 0 Å². The number of rotatable bonds is 2. The van der Waals surface area contributed by atoms with Crippen molar-refractivity contribution in [2.75, 3.05) is 13.1 Å². The van der Waals surface area contributed by atoms with Gasteiger partial charge in [0.15, 0.2) is 12.4 Å². The zero-order chi connectivity index (χ0) is 11.8. The minimum absolute atomic E-state index is 0.443. The Morgan fingerprint density at radius 2 is 2.18 bits per heavy atom. The second-order valence-corrected chi connectivity index (χ2v) is 4.57. The Balaban J connectivity index is 2.13. The summed E-state index contributed by atoms with van der Waals surface area (Å²) < 4.78 is 2.27. The first-order valence-corrected chi connectivity index (χ1v) is 6.39. The van der Waals surface area contributed by atoms with Crippen LogP contribution in [-0.2, 0) is 0 Å². The van der Waals surface area contributed by atoms with Crippen molar-refractivity contribution in [2.24, 2.45) is 4.99 Å². The number of aliphatic imine (C=N–C) groups is 1. The predicted molar refractivity (Wildman–Crippen MR) is 69.7 cm³/mol. The van der Waals surface area contributed by atoms with Crippen molar-refractivity contribution in [1.29, 1.82) is 0 Å². The van der Waals surface area contributed by atoms with Gasteiger partial charge in [-0.1, -0.05) is 25.1 Å². The summed E-state index contributed by atoms with van der Waals surface area (Å²) in [7, 11) is 0. The van der Waals surface area contributed by atoms with Crippen LogP contribution >= 0.6 is 0 Å². The van der Waals surface area contributed by atoms with E-state index in [4.69, 9.17) is 4.99 Å². The number of hydrazine groups is 1. The van der Waals surface area contributed by atoms with Gasteiger partial charge < -0.3 is 0 Å². The Morgan fingerprint density at radius 1 is 1.35 bits per heavy atom. The maximum Gasteiger partial charge on any atom is 0.201 e. The van der Waals surface area contributed by atoms with Gasteiger partial charge in [0, 0.05) is 5.56 Å². The van der Waals surface area contributed by atoms with Crippen molar-refractivity contribution < 1.29 is 4.68 Å². The Morgan fingerprint density at radius 3 is 2.94 bits per heavy atom. The van der Waals surface area contributed by atoms with Gasteiger partial charge in [0.25, 0.3) is 0 Å². The lowest BCUT2D eigenvalue weighted by molar-refractivity contribution is -0.659. The maximum atomic E-state index is 4.85. The van der Waals surface area contributed by atoms with E-state index in [9.17, 15) is 0 Å². The van der Waals surface area contributed by atoms with Crippen molar-refractivity contribution in [1.82, 2.24) is 5.01 Å². The quantitative estimate of drug-likeness (QED) is 0.707. The second kappa shape index (κ2) is 3.99. The van der Waals surface area contributed by atoms with Gasteiger partial charge >= 0.3 is 0 Å². The molecule has 0 radical (unpaired) electrons. The van der Waals surface area contributed by atoms with E-state index in [0.29, 0.717) is 6.04 Å².